The van der Waals surface area contributed by atoms with Gasteiger partial charge in [-0.25, -0.2) is 0 Å². The van der Waals surface area contributed by atoms with Gasteiger partial charge in [0.15, 0.2) is 0 Å². The van der Waals surface area contributed by atoms with Crippen molar-refractivity contribution in [2.45, 2.75) is 90.9 Å². The summed E-state index contributed by atoms with van der Waals surface area (Å²) in [4.78, 5) is 2.57. The van der Waals surface area contributed by atoms with Crippen LogP contribution in [0.2, 0.25) is 0 Å². The van der Waals surface area contributed by atoms with Gasteiger partial charge in [-0.05, 0) is 30.0 Å². The predicted molar refractivity (Wildman–Crippen MR) is 158 cm³/mol. The van der Waals surface area contributed by atoms with Crippen molar-refractivity contribution in [2.24, 2.45) is 5.92 Å². The van der Waals surface area contributed by atoms with E-state index in [0.717, 1.165) is 19.0 Å². The van der Waals surface area contributed by atoms with Crippen LogP contribution in [0.15, 0.2) is 72.8 Å². The highest BCUT2D eigenvalue weighted by Crippen LogP contribution is 2.14. The first-order valence-corrected chi connectivity index (χ1v) is 14.4. The molecule has 0 aliphatic carbocycles. The molecule has 0 bridgehead atoms. The zero-order valence-electron chi connectivity index (χ0n) is 22.7. The summed E-state index contributed by atoms with van der Waals surface area (Å²) in [6.45, 7) is 7.86. The molecule has 0 amide bonds. The molecule has 0 atom stereocenters. The minimum absolute atomic E-state index is 0.874. The van der Waals surface area contributed by atoms with Crippen LogP contribution >= 0.6 is 0 Å². The van der Waals surface area contributed by atoms with Crippen LogP contribution < -0.4 is 0 Å². The summed E-state index contributed by atoms with van der Waals surface area (Å²) in [5.41, 5.74) is 2.56. The molecule has 1 heteroatoms. The fraction of sp³-hybridized carbons (Fsp3) is 0.529. The monoisotopic (exact) mass is 473 g/mol. The van der Waals surface area contributed by atoms with Crippen molar-refractivity contribution in [3.8, 4) is 0 Å². The van der Waals surface area contributed by atoms with E-state index >= 15 is 0 Å². The fourth-order valence-electron chi connectivity index (χ4n) is 4.54. The molecule has 0 N–H and O–H groups in total. The first-order chi connectivity index (χ1) is 17.2. The average molecular weight is 474 g/mol. The molecule has 0 fully saturated rings. The van der Waals surface area contributed by atoms with Crippen LogP contribution in [0, 0.1) is 5.92 Å². The first kappa shape index (κ1) is 29.1. The highest BCUT2D eigenvalue weighted by molar-refractivity contribution is 5.49. The molecule has 0 unspecified atom stereocenters. The molecular weight excluding hydrogens is 422 g/mol. The Labute approximate surface area is 217 Å². The van der Waals surface area contributed by atoms with Gasteiger partial charge in [0.05, 0.1) is 0 Å². The third-order valence-electron chi connectivity index (χ3n) is 6.70. The Morgan fingerprint density at radius 3 is 1.37 bits per heavy atom. The van der Waals surface area contributed by atoms with Gasteiger partial charge in [0.1, 0.15) is 0 Å². The van der Waals surface area contributed by atoms with Gasteiger partial charge in [0, 0.05) is 13.1 Å². The van der Waals surface area contributed by atoms with Crippen LogP contribution in [0.3, 0.4) is 0 Å². The molecule has 2 aromatic carbocycles. The number of unbranched alkanes of at least 4 members (excludes halogenated alkanes) is 10. The van der Waals surface area contributed by atoms with Gasteiger partial charge in [-0.2, -0.15) is 0 Å². The average Bonchev–Trinajstić information content (AvgIpc) is 2.87. The molecule has 0 saturated carbocycles. The molecule has 2 aromatic rings. The summed E-state index contributed by atoms with van der Waals surface area (Å²) >= 11 is 0. The Hall–Kier alpha value is -2.12. The lowest BCUT2D eigenvalue weighted by atomic mass is 10.0. The highest BCUT2D eigenvalue weighted by atomic mass is 15.1. The van der Waals surface area contributed by atoms with Gasteiger partial charge in [0.25, 0.3) is 0 Å². The van der Waals surface area contributed by atoms with Crippen molar-refractivity contribution in [2.75, 3.05) is 19.6 Å². The van der Waals surface area contributed by atoms with Crippen molar-refractivity contribution in [1.82, 2.24) is 4.90 Å². The molecule has 35 heavy (non-hydrogen) atoms. The quantitative estimate of drug-likeness (QED) is 0.173. The van der Waals surface area contributed by atoms with E-state index in [-0.39, 0.29) is 0 Å². The van der Waals surface area contributed by atoms with Crippen molar-refractivity contribution in [1.29, 1.82) is 0 Å². The van der Waals surface area contributed by atoms with E-state index in [2.05, 4.69) is 104 Å². The van der Waals surface area contributed by atoms with Crippen molar-refractivity contribution >= 4 is 12.2 Å². The van der Waals surface area contributed by atoms with Gasteiger partial charge in [-0.3, -0.25) is 4.90 Å². The van der Waals surface area contributed by atoms with Gasteiger partial charge in [-0.15, -0.1) is 0 Å². The first-order valence-electron chi connectivity index (χ1n) is 14.4. The molecule has 192 valence electrons. The lowest BCUT2D eigenvalue weighted by Crippen LogP contribution is -2.25. The summed E-state index contributed by atoms with van der Waals surface area (Å²) in [5.74, 6) is 0.874. The van der Waals surface area contributed by atoms with E-state index in [1.54, 1.807) is 0 Å². The predicted octanol–water partition coefficient (Wildman–Crippen LogP) is 10.1. The molecule has 0 saturated heterocycles. The highest BCUT2D eigenvalue weighted by Gasteiger charge is 2.01. The fourth-order valence-corrected chi connectivity index (χ4v) is 4.54. The molecule has 0 heterocycles. The summed E-state index contributed by atoms with van der Waals surface area (Å²) < 4.78 is 0. The molecule has 1 nitrogen and oxygen atoms in total. The van der Waals surface area contributed by atoms with E-state index in [0.29, 0.717) is 0 Å². The maximum atomic E-state index is 2.57. The van der Waals surface area contributed by atoms with Crippen LogP contribution in [0.4, 0.5) is 0 Å². The second kappa shape index (κ2) is 20.1. The SMILES string of the molecule is CC(C)CCCCCCCCCCCCCN(CC=Cc1ccccc1)CC=Cc1ccccc1. The maximum Gasteiger partial charge on any atom is 0.0169 e. The number of hydrogen-bond donors (Lipinski definition) is 0. The molecular formula is C34H51N. The summed E-state index contributed by atoms with van der Waals surface area (Å²) in [7, 11) is 0. The summed E-state index contributed by atoms with van der Waals surface area (Å²) in [6.07, 6.45) is 26.1. The lowest BCUT2D eigenvalue weighted by molar-refractivity contribution is 0.324. The van der Waals surface area contributed by atoms with E-state index in [9.17, 15) is 0 Å². The largest absolute Gasteiger partial charge is 0.296 e. The third kappa shape index (κ3) is 16.2. The number of rotatable bonds is 20. The molecule has 0 radical (unpaired) electrons. The minimum Gasteiger partial charge on any atom is -0.296 e. The minimum atomic E-state index is 0.874. The van der Waals surface area contributed by atoms with Crippen molar-refractivity contribution in [3.63, 3.8) is 0 Å². The Kier molecular flexibility index (Phi) is 16.7. The molecule has 0 spiro atoms. The van der Waals surface area contributed by atoms with Gasteiger partial charge in [-0.1, -0.05) is 169 Å². The normalized spacial score (nSPS) is 12.0. The molecule has 2 rings (SSSR count). The second-order valence-electron chi connectivity index (χ2n) is 10.5. The van der Waals surface area contributed by atoms with E-state index in [1.165, 1.54) is 94.7 Å². The Balaban J connectivity index is 1.59. The van der Waals surface area contributed by atoms with Crippen LogP contribution in [0.1, 0.15) is 102 Å². The Morgan fingerprint density at radius 1 is 0.543 bits per heavy atom. The number of benzene rings is 2. The topological polar surface area (TPSA) is 3.24 Å². The van der Waals surface area contributed by atoms with Gasteiger partial charge in [0.2, 0.25) is 0 Å². The van der Waals surface area contributed by atoms with E-state index < -0.39 is 0 Å². The summed E-state index contributed by atoms with van der Waals surface area (Å²) in [6, 6.07) is 21.3. The smallest absolute Gasteiger partial charge is 0.0169 e. The van der Waals surface area contributed by atoms with Crippen LogP contribution in [-0.2, 0) is 0 Å². The third-order valence-corrected chi connectivity index (χ3v) is 6.70. The molecule has 0 aromatic heterocycles. The maximum absolute atomic E-state index is 2.57. The van der Waals surface area contributed by atoms with Gasteiger partial charge < -0.3 is 0 Å². The Morgan fingerprint density at radius 2 is 0.943 bits per heavy atom. The number of hydrogen-bond acceptors (Lipinski definition) is 1. The molecule has 0 aliphatic heterocycles. The van der Waals surface area contributed by atoms with Crippen molar-refractivity contribution < 1.29 is 0 Å². The van der Waals surface area contributed by atoms with Gasteiger partial charge >= 0.3 is 0 Å². The van der Waals surface area contributed by atoms with Crippen LogP contribution in [-0.4, -0.2) is 24.5 Å². The Bertz CT molecular complexity index is 723. The van der Waals surface area contributed by atoms with E-state index in [4.69, 9.17) is 0 Å². The second-order valence-corrected chi connectivity index (χ2v) is 10.5. The van der Waals surface area contributed by atoms with Crippen LogP contribution in [0.25, 0.3) is 12.2 Å². The van der Waals surface area contributed by atoms with Crippen molar-refractivity contribution in [3.05, 3.63) is 83.9 Å². The zero-order chi connectivity index (χ0) is 24.8. The summed E-state index contributed by atoms with van der Waals surface area (Å²) in [5, 5.41) is 0. The van der Waals surface area contributed by atoms with E-state index in [1.807, 2.05) is 0 Å². The molecule has 0 aliphatic rings. The van der Waals surface area contributed by atoms with Crippen LogP contribution in [0.5, 0.6) is 0 Å². The zero-order valence-corrected chi connectivity index (χ0v) is 22.7. The lowest BCUT2D eigenvalue weighted by Gasteiger charge is -2.19. The standard InChI is InChI=1S/C34H51N/c1-32(2)22-14-10-8-6-4-3-5-7-9-11-19-29-35(30-20-27-33-23-15-12-16-24-33)31-21-28-34-25-17-13-18-26-34/h12-13,15-18,20-21,23-28,32H,3-11,14,19,22,29-31H2,1-2H3. The number of nitrogens with zero attached hydrogens (tertiary/aromatic N) is 1.